The van der Waals surface area contributed by atoms with Crippen LogP contribution in [-0.2, 0) is 9.47 Å². The minimum absolute atomic E-state index is 0.141. The summed E-state index contributed by atoms with van der Waals surface area (Å²) in [5, 5.41) is 9.42. The second kappa shape index (κ2) is 5.93. The number of carbonyl (C=O) groups is 1. The maximum atomic E-state index is 12.9. The summed E-state index contributed by atoms with van der Waals surface area (Å²) >= 11 is 0. The Hall–Kier alpha value is -2.94. The molecule has 3 heterocycles. The highest BCUT2D eigenvalue weighted by Gasteiger charge is 2.25. The predicted octanol–water partition coefficient (Wildman–Crippen LogP) is 3.09. The molecule has 0 bridgehead atoms. The van der Waals surface area contributed by atoms with Gasteiger partial charge in [-0.2, -0.15) is 5.26 Å². The monoisotopic (exact) mass is 318 g/mol. The van der Waals surface area contributed by atoms with Crippen molar-refractivity contribution < 1.29 is 14.3 Å². The van der Waals surface area contributed by atoms with Crippen LogP contribution in [-0.4, -0.2) is 23.4 Å². The van der Waals surface area contributed by atoms with Crippen molar-refractivity contribution in [2.75, 3.05) is 13.2 Å². The number of ether oxygens (including phenoxy) is 2. The number of fused-ring (bicyclic) bond motifs is 1. The number of carbonyl (C=O) groups excluding carboxylic acids is 1. The zero-order valence-electron chi connectivity index (χ0n) is 12.8. The molecule has 1 aliphatic heterocycles. The zero-order valence-corrected chi connectivity index (χ0v) is 12.8. The van der Waals surface area contributed by atoms with Crippen LogP contribution in [0.5, 0.6) is 0 Å². The first-order chi connectivity index (χ1) is 11.8. The largest absolute Gasteiger partial charge is 0.345 e. The second-order valence-corrected chi connectivity index (χ2v) is 5.50. The molecule has 1 fully saturated rings. The smallest absolute Gasteiger partial charge is 0.209 e. The van der Waals surface area contributed by atoms with Crippen LogP contribution >= 0.6 is 0 Å². The number of hydrogen-bond donors (Lipinski definition) is 0. The van der Waals surface area contributed by atoms with Gasteiger partial charge in [-0.25, -0.2) is 0 Å². The summed E-state index contributed by atoms with van der Waals surface area (Å²) in [4.78, 5) is 12.9. The Labute approximate surface area is 138 Å². The van der Waals surface area contributed by atoms with Crippen molar-refractivity contribution in [2.24, 2.45) is 0 Å². The molecule has 0 radical (unpaired) electrons. The SMILES string of the molecule is N#Cc1cc(C(=O)c2ccccc2)n2c(C3OCCO3)cccc12. The lowest BCUT2D eigenvalue weighted by molar-refractivity contribution is -0.0481. The topological polar surface area (TPSA) is 63.7 Å². The van der Waals surface area contributed by atoms with Gasteiger partial charge in [0.15, 0.2) is 6.29 Å². The Balaban J connectivity index is 1.95. The standard InChI is InChI=1S/C19H14N2O3/c20-12-14-11-17(18(22)13-5-2-1-3-6-13)21-15(14)7-4-8-16(21)19-23-9-10-24-19/h1-8,11,19H,9-10H2. The van der Waals surface area contributed by atoms with Crippen LogP contribution < -0.4 is 0 Å². The van der Waals surface area contributed by atoms with E-state index in [1.54, 1.807) is 22.6 Å². The zero-order chi connectivity index (χ0) is 16.5. The minimum atomic E-state index is -0.532. The number of nitriles is 1. The molecule has 0 aliphatic carbocycles. The first kappa shape index (κ1) is 14.6. The molecule has 0 saturated carbocycles. The summed E-state index contributed by atoms with van der Waals surface area (Å²) in [6, 6.07) is 18.3. The third-order valence-corrected chi connectivity index (χ3v) is 4.07. The maximum absolute atomic E-state index is 12.9. The van der Waals surface area contributed by atoms with Crippen molar-refractivity contribution >= 4 is 11.3 Å². The van der Waals surface area contributed by atoms with Crippen molar-refractivity contribution in [1.29, 1.82) is 5.26 Å². The molecular weight excluding hydrogens is 304 g/mol. The summed E-state index contributed by atoms with van der Waals surface area (Å²) in [7, 11) is 0. The van der Waals surface area contributed by atoms with Gasteiger partial charge >= 0.3 is 0 Å². The van der Waals surface area contributed by atoms with Crippen LogP contribution in [0.1, 0.15) is 33.6 Å². The van der Waals surface area contributed by atoms with Crippen molar-refractivity contribution in [3.05, 3.63) is 77.1 Å². The van der Waals surface area contributed by atoms with E-state index in [0.29, 0.717) is 41.2 Å². The van der Waals surface area contributed by atoms with Gasteiger partial charge in [-0.15, -0.1) is 0 Å². The molecule has 5 nitrogen and oxygen atoms in total. The van der Waals surface area contributed by atoms with E-state index in [-0.39, 0.29) is 5.78 Å². The van der Waals surface area contributed by atoms with E-state index < -0.39 is 6.29 Å². The van der Waals surface area contributed by atoms with E-state index in [4.69, 9.17) is 9.47 Å². The van der Waals surface area contributed by atoms with Gasteiger partial charge in [0.1, 0.15) is 6.07 Å². The second-order valence-electron chi connectivity index (χ2n) is 5.50. The number of benzene rings is 1. The fourth-order valence-electron chi connectivity index (χ4n) is 2.99. The van der Waals surface area contributed by atoms with Crippen LogP contribution in [0.3, 0.4) is 0 Å². The summed E-state index contributed by atoms with van der Waals surface area (Å²) in [5.41, 5.74) is 2.85. The Morgan fingerprint density at radius 2 is 1.83 bits per heavy atom. The number of pyridine rings is 1. The normalized spacial score (nSPS) is 14.8. The van der Waals surface area contributed by atoms with E-state index in [0.717, 1.165) is 0 Å². The molecule has 1 saturated heterocycles. The van der Waals surface area contributed by atoms with Gasteiger partial charge in [0, 0.05) is 5.56 Å². The van der Waals surface area contributed by atoms with Crippen molar-refractivity contribution in [3.8, 4) is 6.07 Å². The van der Waals surface area contributed by atoms with E-state index in [1.807, 2.05) is 36.4 Å². The van der Waals surface area contributed by atoms with E-state index in [1.165, 1.54) is 0 Å². The van der Waals surface area contributed by atoms with Crippen LogP contribution in [0.2, 0.25) is 0 Å². The molecule has 0 amide bonds. The lowest BCUT2D eigenvalue weighted by atomic mass is 10.1. The summed E-state index contributed by atoms with van der Waals surface area (Å²) in [5.74, 6) is -0.141. The molecule has 0 atom stereocenters. The lowest BCUT2D eigenvalue weighted by Crippen LogP contribution is -2.11. The number of hydrogen-bond acceptors (Lipinski definition) is 4. The van der Waals surface area contributed by atoms with Gasteiger partial charge in [-0.05, 0) is 18.2 Å². The number of rotatable bonds is 3. The van der Waals surface area contributed by atoms with Crippen LogP contribution in [0.15, 0.2) is 54.6 Å². The van der Waals surface area contributed by atoms with E-state index >= 15 is 0 Å². The number of nitrogens with zero attached hydrogens (tertiary/aromatic N) is 2. The van der Waals surface area contributed by atoms with Crippen molar-refractivity contribution in [3.63, 3.8) is 0 Å². The fourth-order valence-corrected chi connectivity index (χ4v) is 2.99. The van der Waals surface area contributed by atoms with Crippen molar-refractivity contribution in [1.82, 2.24) is 4.40 Å². The van der Waals surface area contributed by atoms with Gasteiger partial charge in [-0.3, -0.25) is 4.79 Å². The molecule has 0 spiro atoms. The molecule has 118 valence electrons. The number of ketones is 1. The highest BCUT2D eigenvalue weighted by atomic mass is 16.7. The molecule has 5 heteroatoms. The molecule has 3 aromatic rings. The third-order valence-electron chi connectivity index (χ3n) is 4.07. The van der Waals surface area contributed by atoms with Gasteiger partial charge in [0.2, 0.25) is 5.78 Å². The van der Waals surface area contributed by atoms with Gasteiger partial charge in [0.05, 0.1) is 35.7 Å². The molecule has 4 rings (SSSR count). The van der Waals surface area contributed by atoms with Gasteiger partial charge < -0.3 is 13.9 Å². The Morgan fingerprint density at radius 1 is 1.08 bits per heavy atom. The first-order valence-electron chi connectivity index (χ1n) is 7.67. The lowest BCUT2D eigenvalue weighted by Gasteiger charge is -2.14. The Morgan fingerprint density at radius 3 is 2.54 bits per heavy atom. The minimum Gasteiger partial charge on any atom is -0.345 e. The quantitative estimate of drug-likeness (QED) is 0.696. The van der Waals surface area contributed by atoms with Gasteiger partial charge in [0.25, 0.3) is 0 Å². The highest BCUT2D eigenvalue weighted by molar-refractivity contribution is 6.09. The fraction of sp³-hybridized carbons (Fsp3) is 0.158. The average molecular weight is 318 g/mol. The number of aromatic nitrogens is 1. The molecule has 2 aromatic heterocycles. The van der Waals surface area contributed by atoms with E-state index in [9.17, 15) is 10.1 Å². The molecule has 24 heavy (non-hydrogen) atoms. The molecule has 1 aromatic carbocycles. The molecule has 0 N–H and O–H groups in total. The summed E-state index contributed by atoms with van der Waals surface area (Å²) in [6.07, 6.45) is -0.532. The molecular formula is C19H14N2O3. The van der Waals surface area contributed by atoms with Crippen LogP contribution in [0.25, 0.3) is 5.52 Å². The average Bonchev–Trinajstić information content (AvgIpc) is 3.29. The first-order valence-corrected chi connectivity index (χ1v) is 7.67. The van der Waals surface area contributed by atoms with Crippen molar-refractivity contribution in [2.45, 2.75) is 6.29 Å². The summed E-state index contributed by atoms with van der Waals surface area (Å²) < 4.78 is 13.0. The van der Waals surface area contributed by atoms with Gasteiger partial charge in [-0.1, -0.05) is 36.4 Å². The van der Waals surface area contributed by atoms with E-state index in [2.05, 4.69) is 6.07 Å². The molecule has 1 aliphatic rings. The van der Waals surface area contributed by atoms with Crippen LogP contribution in [0.4, 0.5) is 0 Å². The summed E-state index contributed by atoms with van der Waals surface area (Å²) in [6.45, 7) is 1.02. The Bertz CT molecular complexity index is 948. The molecule has 0 unspecified atom stereocenters. The maximum Gasteiger partial charge on any atom is 0.209 e. The predicted molar refractivity (Wildman–Crippen MR) is 86.6 cm³/mol. The van der Waals surface area contributed by atoms with Crippen LogP contribution in [0, 0.1) is 11.3 Å². The highest BCUT2D eigenvalue weighted by Crippen LogP contribution is 2.28. The third kappa shape index (κ3) is 2.29. The Kier molecular flexibility index (Phi) is 3.62.